The second-order valence-electron chi connectivity index (χ2n) is 7.10. The summed E-state index contributed by atoms with van der Waals surface area (Å²) < 4.78 is 7.00. The first kappa shape index (κ1) is 20.0. The summed E-state index contributed by atoms with van der Waals surface area (Å²) in [7, 11) is 0. The van der Waals surface area contributed by atoms with Crippen LogP contribution in [0.4, 0.5) is 0 Å². The zero-order valence-corrected chi connectivity index (χ0v) is 16.4. The minimum Gasteiger partial charge on any atom is -0.507 e. The Morgan fingerprint density at radius 3 is 2.26 bits per heavy atom. The average Bonchev–Trinajstić information content (AvgIpc) is 3.29. The lowest BCUT2D eigenvalue weighted by atomic mass is 9.97. The van der Waals surface area contributed by atoms with Crippen molar-refractivity contribution < 1.29 is 29.6 Å². The highest BCUT2D eigenvalue weighted by Crippen LogP contribution is 2.37. The molecule has 0 saturated carbocycles. The first-order chi connectivity index (χ1) is 14.9. The Hall–Kier alpha value is -4.26. The number of carbonyl (C=O) groups is 2. The molecule has 3 N–H and O–H groups in total. The number of nitrogens with zero attached hydrogens (tertiary/aromatic N) is 1. The van der Waals surface area contributed by atoms with Crippen LogP contribution in [0.5, 0.6) is 11.5 Å². The molecule has 0 spiro atoms. The number of carbonyl (C=O) groups excluding carboxylic acids is 1. The van der Waals surface area contributed by atoms with Crippen molar-refractivity contribution in [3.8, 4) is 11.5 Å². The van der Waals surface area contributed by atoms with Crippen LogP contribution in [0.25, 0.3) is 10.8 Å². The molecule has 0 fully saturated rings. The number of aromatic carboxylic acids is 1. The van der Waals surface area contributed by atoms with Gasteiger partial charge in [-0.25, -0.2) is 9.59 Å². The summed E-state index contributed by atoms with van der Waals surface area (Å²) in [5.74, 6) is -1.79. The number of fused-ring (bicyclic) bond motifs is 1. The molecule has 0 amide bonds. The molecular weight excluding hydrogens is 398 g/mol. The van der Waals surface area contributed by atoms with Gasteiger partial charge in [0, 0.05) is 29.8 Å². The van der Waals surface area contributed by atoms with E-state index in [1.807, 2.05) is 12.1 Å². The van der Waals surface area contributed by atoms with Gasteiger partial charge in [-0.05, 0) is 53.4 Å². The van der Waals surface area contributed by atoms with Crippen molar-refractivity contribution in [1.82, 2.24) is 4.57 Å². The topological polar surface area (TPSA) is 109 Å². The number of phenolic OH excluding ortho intramolecular Hbond substituents is 2. The van der Waals surface area contributed by atoms with Gasteiger partial charge in [0.2, 0.25) is 0 Å². The summed E-state index contributed by atoms with van der Waals surface area (Å²) in [5, 5.41) is 31.2. The van der Waals surface area contributed by atoms with Crippen molar-refractivity contribution in [3.63, 3.8) is 0 Å². The third kappa shape index (κ3) is 4.20. The van der Waals surface area contributed by atoms with E-state index in [1.165, 1.54) is 24.3 Å². The van der Waals surface area contributed by atoms with Crippen molar-refractivity contribution in [2.24, 2.45) is 0 Å². The fraction of sp³-hybridized carbons (Fsp3) is 0.0833. The van der Waals surface area contributed by atoms with Crippen LogP contribution < -0.4 is 0 Å². The molecule has 7 nitrogen and oxygen atoms in total. The van der Waals surface area contributed by atoms with Crippen LogP contribution in [0.1, 0.15) is 31.8 Å². The Labute approximate surface area is 177 Å². The maximum atomic E-state index is 12.4. The summed E-state index contributed by atoms with van der Waals surface area (Å²) in [6.45, 7) is 0.0724. The summed E-state index contributed by atoms with van der Waals surface area (Å²) in [6, 6.07) is 16.1. The van der Waals surface area contributed by atoms with Gasteiger partial charge in [-0.1, -0.05) is 18.2 Å². The lowest BCUT2D eigenvalue weighted by molar-refractivity contribution is 0.0372. The van der Waals surface area contributed by atoms with E-state index < -0.39 is 11.9 Å². The van der Waals surface area contributed by atoms with Gasteiger partial charge in [0.25, 0.3) is 0 Å². The van der Waals surface area contributed by atoms with Crippen molar-refractivity contribution >= 4 is 22.7 Å². The Morgan fingerprint density at radius 1 is 0.903 bits per heavy atom. The van der Waals surface area contributed by atoms with E-state index in [2.05, 4.69) is 0 Å². The van der Waals surface area contributed by atoms with E-state index in [9.17, 15) is 19.8 Å². The smallest absolute Gasteiger partial charge is 0.339 e. The number of aromatic hydroxyl groups is 2. The maximum Gasteiger partial charge on any atom is 0.339 e. The highest BCUT2D eigenvalue weighted by molar-refractivity contribution is 5.98. The third-order valence-electron chi connectivity index (χ3n) is 5.02. The number of rotatable bonds is 6. The molecule has 4 aromatic rings. The van der Waals surface area contributed by atoms with Gasteiger partial charge < -0.3 is 24.6 Å². The average molecular weight is 417 g/mol. The molecule has 31 heavy (non-hydrogen) atoms. The van der Waals surface area contributed by atoms with Gasteiger partial charge in [-0.2, -0.15) is 0 Å². The third-order valence-corrected chi connectivity index (χ3v) is 5.02. The number of carboxylic acid groups (broad SMARTS) is 1. The molecule has 7 heteroatoms. The molecule has 3 aromatic carbocycles. The Morgan fingerprint density at radius 2 is 1.58 bits per heavy atom. The van der Waals surface area contributed by atoms with Gasteiger partial charge in [0.05, 0.1) is 11.1 Å². The number of hydrogen-bond acceptors (Lipinski definition) is 5. The predicted molar refractivity (Wildman–Crippen MR) is 113 cm³/mol. The van der Waals surface area contributed by atoms with Crippen LogP contribution in [0.3, 0.4) is 0 Å². The Kier molecular flexibility index (Phi) is 5.32. The molecule has 0 unspecified atom stereocenters. The summed E-state index contributed by atoms with van der Waals surface area (Å²) >= 11 is 0. The molecule has 0 saturated heterocycles. The number of phenols is 2. The van der Waals surface area contributed by atoms with Crippen molar-refractivity contribution in [3.05, 3.63) is 95.3 Å². The van der Waals surface area contributed by atoms with Crippen LogP contribution in [0, 0.1) is 0 Å². The number of ether oxygens (including phenoxy) is 1. The standard InChI is InChI=1S/C24H19NO6/c26-21-13-17-7-8-18(24(30)31-14-25-9-1-2-10-25)12-19(17)22(27)20(21)11-15-3-5-16(6-4-15)23(28)29/h1-10,12-13,26-27H,11,14H2,(H,28,29). The first-order valence-corrected chi connectivity index (χ1v) is 9.50. The van der Waals surface area contributed by atoms with E-state index in [4.69, 9.17) is 9.84 Å². The molecule has 4 rings (SSSR count). The van der Waals surface area contributed by atoms with Crippen molar-refractivity contribution in [1.29, 1.82) is 0 Å². The second-order valence-corrected chi connectivity index (χ2v) is 7.10. The SMILES string of the molecule is O=C(O)c1ccc(Cc2c(O)cc3ccc(C(=O)OCn4cccc4)cc3c2O)cc1. The highest BCUT2D eigenvalue weighted by Gasteiger charge is 2.16. The molecule has 0 aliphatic rings. The Balaban J connectivity index is 1.62. The summed E-state index contributed by atoms with van der Waals surface area (Å²) in [6.07, 6.45) is 3.74. The molecule has 0 radical (unpaired) electrons. The van der Waals surface area contributed by atoms with Crippen LogP contribution >= 0.6 is 0 Å². The molecule has 1 heterocycles. The van der Waals surface area contributed by atoms with Gasteiger partial charge >= 0.3 is 11.9 Å². The monoisotopic (exact) mass is 417 g/mol. The zero-order valence-electron chi connectivity index (χ0n) is 16.4. The van der Waals surface area contributed by atoms with Gasteiger partial charge in [0.15, 0.2) is 6.73 Å². The van der Waals surface area contributed by atoms with Crippen LogP contribution in [0.15, 0.2) is 73.1 Å². The second kappa shape index (κ2) is 8.23. The number of aromatic nitrogens is 1. The molecule has 1 aromatic heterocycles. The van der Waals surface area contributed by atoms with Crippen molar-refractivity contribution in [2.75, 3.05) is 0 Å². The Bertz CT molecular complexity index is 1260. The first-order valence-electron chi connectivity index (χ1n) is 9.50. The van der Waals surface area contributed by atoms with E-state index in [0.717, 1.165) is 5.56 Å². The molecule has 156 valence electrons. The molecule has 0 aliphatic heterocycles. The number of benzene rings is 3. The minimum absolute atomic E-state index is 0.0724. The maximum absolute atomic E-state index is 12.4. The lowest BCUT2D eigenvalue weighted by Gasteiger charge is -2.12. The van der Waals surface area contributed by atoms with Crippen LogP contribution in [-0.2, 0) is 17.9 Å². The predicted octanol–water partition coefficient (Wildman–Crippen LogP) is 4.16. The molecule has 0 bridgehead atoms. The summed E-state index contributed by atoms with van der Waals surface area (Å²) in [5.41, 5.74) is 1.43. The summed E-state index contributed by atoms with van der Waals surface area (Å²) in [4.78, 5) is 23.4. The van der Waals surface area contributed by atoms with Gasteiger partial charge in [-0.3, -0.25) is 0 Å². The number of hydrogen-bond donors (Lipinski definition) is 3. The van der Waals surface area contributed by atoms with E-state index >= 15 is 0 Å². The fourth-order valence-corrected chi connectivity index (χ4v) is 3.35. The normalized spacial score (nSPS) is 10.8. The lowest BCUT2D eigenvalue weighted by Crippen LogP contribution is -2.08. The molecule has 0 atom stereocenters. The number of esters is 1. The van der Waals surface area contributed by atoms with Crippen LogP contribution in [-0.4, -0.2) is 31.8 Å². The quantitative estimate of drug-likeness (QED) is 0.407. The van der Waals surface area contributed by atoms with Gasteiger partial charge in [-0.15, -0.1) is 0 Å². The van der Waals surface area contributed by atoms with Crippen LogP contribution in [0.2, 0.25) is 0 Å². The molecular formula is C24H19NO6. The largest absolute Gasteiger partial charge is 0.507 e. The fourth-order valence-electron chi connectivity index (χ4n) is 3.35. The van der Waals surface area contributed by atoms with E-state index in [1.54, 1.807) is 41.2 Å². The highest BCUT2D eigenvalue weighted by atomic mass is 16.5. The number of carboxylic acids is 1. The van der Waals surface area contributed by atoms with Gasteiger partial charge in [0.1, 0.15) is 11.5 Å². The van der Waals surface area contributed by atoms with E-state index in [0.29, 0.717) is 10.8 Å². The molecule has 0 aliphatic carbocycles. The van der Waals surface area contributed by atoms with Crippen molar-refractivity contribution in [2.45, 2.75) is 13.2 Å². The minimum atomic E-state index is -1.03. The zero-order chi connectivity index (χ0) is 22.0. The van der Waals surface area contributed by atoms with E-state index in [-0.39, 0.29) is 41.3 Å².